The first kappa shape index (κ1) is 54.6. The lowest BCUT2D eigenvalue weighted by atomic mass is 9.76. The van der Waals surface area contributed by atoms with Crippen LogP contribution in [0.5, 0.6) is 0 Å². The standard InChI is InChI=1S/C51H78ClNO12/c1-30-14-10-9-11-15-31(2)44(63-8)26-39-19-17-36(7)51(62,65-39)48(59)49(60)53-21-13-12-16-42(53)50(61)64-45(33(4)24-37-18-20-41(52)38(25-37)28-54)27-43(56)32(3)23-35(6)47(58)40(29-55)46(57)34(5)22-30/h9-11,14-15,23,30,32-34,36-42,44-45,47,54-55,58,62H,12-13,16-22,24-29H2,1-8H3/b11-9+,14-10+,31-15+,35-23+/t30-,32-,33-,34-,36-,37?,38+,39+,40+,41+,42+,44+,45+,47-,51-/m1/s1. The first-order valence-electron chi connectivity index (χ1n) is 24.0. The largest absolute Gasteiger partial charge is 0.460 e. The van der Waals surface area contributed by atoms with Gasteiger partial charge < -0.3 is 39.5 Å². The SMILES string of the molecule is CO[C@H]1C[C@@H]2CC[C@@H](C)[C@@](O)(O2)C(=O)C(=O)N2CCCC[C@H]2C(=O)O[C@H]([C@H](C)CC2CC[C@H](Cl)[C@H](CO)C2)CC(=O)[C@H](C)/C=C(\C)[C@@H](O)[C@@H](CO)C(=O)[C@H](C)C[C@H](C)/C=C/C=C/C=C/1C. The number of aliphatic hydroxyl groups excluding tert-OH is 3. The van der Waals surface area contributed by atoms with E-state index in [4.69, 9.17) is 25.8 Å². The summed E-state index contributed by atoms with van der Waals surface area (Å²) in [4.78, 5) is 71.7. The Kier molecular flexibility index (Phi) is 21.3. The Morgan fingerprint density at radius 3 is 2.31 bits per heavy atom. The van der Waals surface area contributed by atoms with Crippen molar-refractivity contribution in [2.24, 2.45) is 47.3 Å². The highest BCUT2D eigenvalue weighted by molar-refractivity contribution is 6.39. The Labute approximate surface area is 392 Å². The summed E-state index contributed by atoms with van der Waals surface area (Å²) in [5.41, 5.74) is 1.22. The highest BCUT2D eigenvalue weighted by Crippen LogP contribution is 2.39. The number of allylic oxidation sites excluding steroid dienone is 6. The summed E-state index contributed by atoms with van der Waals surface area (Å²) in [7, 11) is 1.57. The summed E-state index contributed by atoms with van der Waals surface area (Å²) in [6.07, 6.45) is 13.4. The predicted molar refractivity (Wildman–Crippen MR) is 248 cm³/mol. The number of carbonyl (C=O) groups is 5. The maximum atomic E-state index is 14.4. The number of methoxy groups -OCH3 is 1. The van der Waals surface area contributed by atoms with Crippen molar-refractivity contribution in [3.8, 4) is 0 Å². The van der Waals surface area contributed by atoms with Gasteiger partial charge in [0.15, 0.2) is 0 Å². The molecule has 3 fully saturated rings. The third-order valence-electron chi connectivity index (χ3n) is 14.7. The zero-order valence-corrected chi connectivity index (χ0v) is 40.8. The molecule has 1 aliphatic carbocycles. The van der Waals surface area contributed by atoms with Gasteiger partial charge in [0, 0.05) is 56.2 Å². The van der Waals surface area contributed by atoms with Gasteiger partial charge in [-0.15, -0.1) is 11.6 Å². The summed E-state index contributed by atoms with van der Waals surface area (Å²) in [6, 6.07) is -1.15. The van der Waals surface area contributed by atoms with Gasteiger partial charge in [-0.2, -0.15) is 0 Å². The molecular formula is C51H78ClNO12. The molecule has 3 heterocycles. The van der Waals surface area contributed by atoms with E-state index in [1.807, 2.05) is 51.2 Å². The van der Waals surface area contributed by atoms with Crippen LogP contribution in [0.3, 0.4) is 0 Å². The minimum Gasteiger partial charge on any atom is -0.460 e. The maximum absolute atomic E-state index is 14.4. The molecule has 65 heavy (non-hydrogen) atoms. The number of aliphatic hydroxyl groups is 4. The number of hydrogen-bond donors (Lipinski definition) is 4. The van der Waals surface area contributed by atoms with Gasteiger partial charge in [-0.25, -0.2) is 4.79 Å². The predicted octanol–water partition coefficient (Wildman–Crippen LogP) is 6.61. The van der Waals surface area contributed by atoms with E-state index in [2.05, 4.69) is 0 Å². The molecule has 0 aromatic carbocycles. The van der Waals surface area contributed by atoms with Gasteiger partial charge in [0.25, 0.3) is 11.7 Å². The second-order valence-corrected chi connectivity index (χ2v) is 20.4. The number of carbonyl (C=O) groups excluding carboxylic acids is 5. The van der Waals surface area contributed by atoms with Crippen molar-refractivity contribution in [3.63, 3.8) is 0 Å². The van der Waals surface area contributed by atoms with Crippen molar-refractivity contribution in [3.05, 3.63) is 47.6 Å². The molecule has 13 nitrogen and oxygen atoms in total. The molecule has 4 N–H and O–H groups in total. The number of fused-ring (bicyclic) bond motifs is 3. The third kappa shape index (κ3) is 14.5. The van der Waals surface area contributed by atoms with Crippen molar-refractivity contribution < 1.29 is 58.6 Å². The van der Waals surface area contributed by atoms with Gasteiger partial charge >= 0.3 is 5.97 Å². The lowest BCUT2D eigenvalue weighted by molar-refractivity contribution is -0.265. The van der Waals surface area contributed by atoms with Gasteiger partial charge in [-0.1, -0.05) is 71.1 Å². The number of ether oxygens (including phenoxy) is 3. The van der Waals surface area contributed by atoms with Crippen molar-refractivity contribution in [1.29, 1.82) is 0 Å². The molecule has 1 unspecified atom stereocenters. The van der Waals surface area contributed by atoms with Crippen molar-refractivity contribution in [1.82, 2.24) is 4.90 Å². The topological polar surface area (TPSA) is 197 Å². The summed E-state index contributed by atoms with van der Waals surface area (Å²) in [5, 5.41) is 43.5. The highest BCUT2D eigenvalue weighted by Gasteiger charge is 2.53. The summed E-state index contributed by atoms with van der Waals surface area (Å²) >= 11 is 6.52. The number of Topliss-reactive ketones (excluding diaryl/α,β-unsaturated/α-hetero) is 3. The fraction of sp³-hybridized carbons (Fsp3) is 0.745. The fourth-order valence-corrected chi connectivity index (χ4v) is 10.6. The molecule has 2 saturated heterocycles. The lowest BCUT2D eigenvalue weighted by Crippen LogP contribution is -2.61. The van der Waals surface area contributed by atoms with E-state index in [1.54, 1.807) is 40.9 Å². The smallest absolute Gasteiger partial charge is 0.329 e. The normalized spacial score (nSPS) is 40.4. The van der Waals surface area contributed by atoms with Crippen LogP contribution < -0.4 is 0 Å². The van der Waals surface area contributed by atoms with Crippen LogP contribution in [0.25, 0.3) is 0 Å². The van der Waals surface area contributed by atoms with Gasteiger partial charge in [0.2, 0.25) is 5.79 Å². The van der Waals surface area contributed by atoms with Gasteiger partial charge in [0.1, 0.15) is 23.7 Å². The number of nitrogens with zero attached hydrogens (tertiary/aromatic N) is 1. The molecule has 1 saturated carbocycles. The van der Waals surface area contributed by atoms with Gasteiger partial charge in [0.05, 0.1) is 30.8 Å². The maximum Gasteiger partial charge on any atom is 0.329 e. The van der Waals surface area contributed by atoms with E-state index < -0.39 is 84.2 Å². The number of rotatable bonds is 6. The Hall–Kier alpha value is -3.04. The zero-order chi connectivity index (χ0) is 48.2. The molecule has 4 rings (SSSR count). The second-order valence-electron chi connectivity index (χ2n) is 19.8. The van der Waals surface area contributed by atoms with Crippen LogP contribution in [0.2, 0.25) is 0 Å². The number of ketones is 3. The summed E-state index contributed by atoms with van der Waals surface area (Å²) in [6.45, 7) is 12.0. The van der Waals surface area contributed by atoms with Crippen LogP contribution >= 0.6 is 11.6 Å². The van der Waals surface area contributed by atoms with E-state index in [9.17, 15) is 44.4 Å². The van der Waals surface area contributed by atoms with Crippen LogP contribution in [0.1, 0.15) is 126 Å². The molecule has 15 atom stereocenters. The van der Waals surface area contributed by atoms with Gasteiger partial charge in [-0.05, 0) is 113 Å². The average molecular weight is 933 g/mol. The number of piperidine rings is 1. The first-order chi connectivity index (χ1) is 30.7. The van der Waals surface area contributed by atoms with E-state index >= 15 is 0 Å². The van der Waals surface area contributed by atoms with Crippen molar-refractivity contribution in [2.45, 2.75) is 167 Å². The Morgan fingerprint density at radius 2 is 1.63 bits per heavy atom. The Morgan fingerprint density at radius 1 is 0.908 bits per heavy atom. The minimum absolute atomic E-state index is 0.00644. The molecule has 366 valence electrons. The van der Waals surface area contributed by atoms with E-state index in [0.717, 1.165) is 12.0 Å². The molecule has 4 aliphatic rings. The van der Waals surface area contributed by atoms with Gasteiger partial charge in [-0.3, -0.25) is 19.2 Å². The number of cyclic esters (lactones) is 1. The van der Waals surface area contributed by atoms with E-state index in [-0.39, 0.29) is 66.6 Å². The molecular weight excluding hydrogens is 854 g/mol. The van der Waals surface area contributed by atoms with Crippen molar-refractivity contribution in [2.75, 3.05) is 26.9 Å². The van der Waals surface area contributed by atoms with Crippen LogP contribution in [-0.2, 0) is 38.2 Å². The second kappa shape index (κ2) is 25.4. The van der Waals surface area contributed by atoms with Crippen LogP contribution in [0, 0.1) is 47.3 Å². The quantitative estimate of drug-likeness (QED) is 0.0964. The molecule has 14 heteroatoms. The first-order valence-corrected chi connectivity index (χ1v) is 24.5. The van der Waals surface area contributed by atoms with Crippen LogP contribution in [0.4, 0.5) is 0 Å². The highest BCUT2D eigenvalue weighted by atomic mass is 35.5. The van der Waals surface area contributed by atoms with E-state index in [1.165, 1.54) is 4.90 Å². The molecule has 0 aromatic rings. The Bertz CT molecular complexity index is 1760. The molecule has 2 bridgehead atoms. The average Bonchev–Trinajstić information content (AvgIpc) is 3.28. The molecule has 0 radical (unpaired) electrons. The number of amides is 1. The van der Waals surface area contributed by atoms with Crippen LogP contribution in [-0.4, -0.2) is 123 Å². The van der Waals surface area contributed by atoms with E-state index in [0.29, 0.717) is 63.4 Å². The molecule has 1 amide bonds. The number of hydrogen-bond acceptors (Lipinski definition) is 12. The third-order valence-corrected chi connectivity index (χ3v) is 15.2. The van der Waals surface area contributed by atoms with Crippen LogP contribution in [0.15, 0.2) is 47.6 Å². The Balaban J connectivity index is 1.70. The summed E-state index contributed by atoms with van der Waals surface area (Å²) < 4.78 is 18.2. The monoisotopic (exact) mass is 932 g/mol. The number of esters is 1. The summed E-state index contributed by atoms with van der Waals surface area (Å²) in [5.74, 6) is -9.27. The van der Waals surface area contributed by atoms with Crippen molar-refractivity contribution >= 4 is 40.8 Å². The molecule has 3 aliphatic heterocycles. The number of alkyl halides is 1. The molecule has 0 aromatic heterocycles. The lowest BCUT2D eigenvalue weighted by Gasteiger charge is -2.42. The fourth-order valence-electron chi connectivity index (χ4n) is 10.3. The zero-order valence-electron chi connectivity index (χ0n) is 40.0. The minimum atomic E-state index is -2.43. The number of halogens is 1. The molecule has 0 spiro atoms.